The van der Waals surface area contributed by atoms with Crippen molar-refractivity contribution in [3.63, 3.8) is 0 Å². The largest absolute Gasteiger partial charge is 0.497 e. The summed E-state index contributed by atoms with van der Waals surface area (Å²) in [6.07, 6.45) is 8.43. The number of Topliss-reactive ketones (excluding diaryl/α,β-unsaturated/α-hetero) is 1. The van der Waals surface area contributed by atoms with E-state index in [4.69, 9.17) is 4.74 Å². The van der Waals surface area contributed by atoms with Crippen LogP contribution >= 0.6 is 0 Å². The molecule has 1 saturated carbocycles. The van der Waals surface area contributed by atoms with Crippen LogP contribution in [0.15, 0.2) is 42.5 Å². The van der Waals surface area contributed by atoms with Crippen molar-refractivity contribution in [2.24, 2.45) is 11.8 Å². The molecule has 0 saturated heterocycles. The molecule has 3 atom stereocenters. The number of ketones is 1. The van der Waals surface area contributed by atoms with Gasteiger partial charge in [0.2, 0.25) is 0 Å². The molecule has 2 heteroatoms. The highest BCUT2D eigenvalue weighted by molar-refractivity contribution is 5.91. The maximum Gasteiger partial charge on any atom is 0.138 e. The molecule has 1 spiro atoms. The monoisotopic (exact) mass is 304 g/mol. The molecule has 0 heterocycles. The van der Waals surface area contributed by atoms with Gasteiger partial charge in [-0.25, -0.2) is 0 Å². The number of carbonyl (C=O) groups excluding carboxylic acids is 1. The maximum atomic E-state index is 12.5. The van der Waals surface area contributed by atoms with Crippen LogP contribution in [-0.4, -0.2) is 12.9 Å². The fourth-order valence-electron chi connectivity index (χ4n) is 5.25. The van der Waals surface area contributed by atoms with Crippen molar-refractivity contribution in [2.75, 3.05) is 7.11 Å². The third-order valence-electron chi connectivity index (χ3n) is 6.21. The van der Waals surface area contributed by atoms with E-state index in [1.807, 2.05) is 6.07 Å². The lowest BCUT2D eigenvalue weighted by Gasteiger charge is -2.40. The molecule has 0 aliphatic heterocycles. The second-order valence-electron chi connectivity index (χ2n) is 7.46. The Morgan fingerprint density at radius 2 is 2.04 bits per heavy atom. The topological polar surface area (TPSA) is 26.3 Å². The van der Waals surface area contributed by atoms with Crippen LogP contribution in [0.1, 0.15) is 30.4 Å². The normalized spacial score (nSPS) is 31.1. The molecule has 5 rings (SSSR count). The second kappa shape index (κ2) is 4.47. The number of fused-ring (bicyclic) bond motifs is 6. The zero-order chi connectivity index (χ0) is 15.6. The summed E-state index contributed by atoms with van der Waals surface area (Å²) in [5.41, 5.74) is 2.74. The molecule has 2 aromatic rings. The van der Waals surface area contributed by atoms with Crippen LogP contribution in [0.2, 0.25) is 0 Å². The van der Waals surface area contributed by atoms with Gasteiger partial charge in [-0.15, -0.1) is 0 Å². The average molecular weight is 304 g/mol. The molecule has 3 unspecified atom stereocenters. The third kappa shape index (κ3) is 1.78. The molecule has 0 N–H and O–H groups in total. The number of hydrogen-bond donors (Lipinski definition) is 0. The van der Waals surface area contributed by atoms with Crippen molar-refractivity contribution in [1.29, 1.82) is 0 Å². The Balaban J connectivity index is 1.74. The van der Waals surface area contributed by atoms with Crippen molar-refractivity contribution < 1.29 is 9.53 Å². The van der Waals surface area contributed by atoms with Crippen LogP contribution in [0, 0.1) is 11.8 Å². The predicted molar refractivity (Wildman–Crippen MR) is 90.9 cm³/mol. The van der Waals surface area contributed by atoms with Gasteiger partial charge in [-0.1, -0.05) is 30.4 Å². The first-order chi connectivity index (χ1) is 11.2. The molecule has 2 bridgehead atoms. The molecule has 116 valence electrons. The molecule has 23 heavy (non-hydrogen) atoms. The van der Waals surface area contributed by atoms with Gasteiger partial charge < -0.3 is 4.74 Å². The first-order valence-corrected chi connectivity index (χ1v) is 8.49. The van der Waals surface area contributed by atoms with Gasteiger partial charge in [0.1, 0.15) is 11.5 Å². The van der Waals surface area contributed by atoms with Gasteiger partial charge >= 0.3 is 0 Å². The Bertz CT molecular complexity index is 864. The lowest BCUT2D eigenvalue weighted by Crippen LogP contribution is -2.38. The van der Waals surface area contributed by atoms with Crippen LogP contribution in [0.4, 0.5) is 0 Å². The highest BCUT2D eigenvalue weighted by atomic mass is 16.5. The summed E-state index contributed by atoms with van der Waals surface area (Å²) < 4.78 is 5.34. The Morgan fingerprint density at radius 1 is 1.13 bits per heavy atom. The lowest BCUT2D eigenvalue weighted by atomic mass is 9.62. The Kier molecular flexibility index (Phi) is 2.60. The molecule has 0 aromatic heterocycles. The van der Waals surface area contributed by atoms with Crippen molar-refractivity contribution in [1.82, 2.24) is 0 Å². The SMILES string of the molecule is COc1ccc2cc3c(cc2c1)CC(=O)CC31CC2C=CC1C2. The van der Waals surface area contributed by atoms with Crippen molar-refractivity contribution in [2.45, 2.75) is 31.1 Å². The minimum Gasteiger partial charge on any atom is -0.497 e. The van der Waals surface area contributed by atoms with Gasteiger partial charge in [-0.2, -0.15) is 0 Å². The molecule has 2 aromatic carbocycles. The molecule has 2 nitrogen and oxygen atoms in total. The predicted octanol–water partition coefficient (Wildman–Crippen LogP) is 4.20. The van der Waals surface area contributed by atoms with E-state index in [9.17, 15) is 4.79 Å². The van der Waals surface area contributed by atoms with Gasteiger partial charge in [0, 0.05) is 18.3 Å². The fourth-order valence-corrected chi connectivity index (χ4v) is 5.25. The Morgan fingerprint density at radius 3 is 2.78 bits per heavy atom. The second-order valence-corrected chi connectivity index (χ2v) is 7.46. The minimum absolute atomic E-state index is 0.0677. The summed E-state index contributed by atoms with van der Waals surface area (Å²) in [5, 5.41) is 2.43. The molecule has 0 amide bonds. The Labute approximate surface area is 136 Å². The summed E-state index contributed by atoms with van der Waals surface area (Å²) >= 11 is 0. The smallest absolute Gasteiger partial charge is 0.138 e. The number of benzene rings is 2. The van der Waals surface area contributed by atoms with E-state index in [-0.39, 0.29) is 5.41 Å². The van der Waals surface area contributed by atoms with E-state index in [0.29, 0.717) is 24.0 Å². The standard InChI is InChI=1S/C21H20O2/c1-23-19-5-3-14-10-20-16(7-15(14)9-19)8-18(22)12-21(20)11-13-2-4-17(21)6-13/h2-5,7,9-10,13,17H,6,8,11-12H2,1H3. The van der Waals surface area contributed by atoms with Gasteiger partial charge in [-0.3, -0.25) is 4.79 Å². The maximum absolute atomic E-state index is 12.5. The molecule has 3 aliphatic carbocycles. The Hall–Kier alpha value is -2.09. The van der Waals surface area contributed by atoms with E-state index in [1.165, 1.54) is 28.3 Å². The van der Waals surface area contributed by atoms with Crippen LogP contribution in [0.3, 0.4) is 0 Å². The lowest BCUT2D eigenvalue weighted by molar-refractivity contribution is -0.120. The fraction of sp³-hybridized carbons (Fsp3) is 0.381. The van der Waals surface area contributed by atoms with Gasteiger partial charge in [0.15, 0.2) is 0 Å². The first kappa shape index (κ1) is 13.4. The number of hydrogen-bond acceptors (Lipinski definition) is 2. The van der Waals surface area contributed by atoms with Crippen molar-refractivity contribution in [3.8, 4) is 5.75 Å². The zero-order valence-electron chi connectivity index (χ0n) is 13.3. The number of carbonyl (C=O) groups is 1. The van der Waals surface area contributed by atoms with Crippen LogP contribution < -0.4 is 4.74 Å². The molecular formula is C21H20O2. The summed E-state index contributed by atoms with van der Waals surface area (Å²) in [6.45, 7) is 0. The molecule has 0 radical (unpaired) electrons. The quantitative estimate of drug-likeness (QED) is 0.738. The van der Waals surface area contributed by atoms with Gasteiger partial charge in [-0.05, 0) is 58.7 Å². The molecule has 1 fully saturated rings. The highest BCUT2D eigenvalue weighted by Crippen LogP contribution is 2.58. The number of ether oxygens (including phenoxy) is 1. The zero-order valence-corrected chi connectivity index (χ0v) is 13.3. The van der Waals surface area contributed by atoms with Crippen LogP contribution in [-0.2, 0) is 16.6 Å². The summed E-state index contributed by atoms with van der Waals surface area (Å²) in [6, 6.07) is 10.8. The van der Waals surface area contributed by atoms with Crippen molar-refractivity contribution >= 4 is 16.6 Å². The van der Waals surface area contributed by atoms with E-state index in [0.717, 1.165) is 18.6 Å². The minimum atomic E-state index is 0.0677. The molecular weight excluding hydrogens is 284 g/mol. The third-order valence-corrected chi connectivity index (χ3v) is 6.21. The summed E-state index contributed by atoms with van der Waals surface area (Å²) in [7, 11) is 1.69. The van der Waals surface area contributed by atoms with E-state index in [1.54, 1.807) is 7.11 Å². The first-order valence-electron chi connectivity index (χ1n) is 8.49. The molecule has 3 aliphatic rings. The number of methoxy groups -OCH3 is 1. The van der Waals surface area contributed by atoms with E-state index in [2.05, 4.69) is 36.4 Å². The average Bonchev–Trinajstić information content (AvgIpc) is 3.14. The number of rotatable bonds is 1. The van der Waals surface area contributed by atoms with E-state index < -0.39 is 0 Å². The summed E-state index contributed by atoms with van der Waals surface area (Å²) in [5.74, 6) is 2.49. The number of allylic oxidation sites excluding steroid dienone is 2. The van der Waals surface area contributed by atoms with Crippen LogP contribution in [0.25, 0.3) is 10.8 Å². The highest BCUT2D eigenvalue weighted by Gasteiger charge is 2.52. The van der Waals surface area contributed by atoms with Crippen molar-refractivity contribution in [3.05, 3.63) is 53.6 Å². The van der Waals surface area contributed by atoms with Gasteiger partial charge in [0.25, 0.3) is 0 Å². The van der Waals surface area contributed by atoms with Gasteiger partial charge in [0.05, 0.1) is 7.11 Å². The summed E-state index contributed by atoms with van der Waals surface area (Å²) in [4.78, 5) is 12.5. The van der Waals surface area contributed by atoms with Crippen LogP contribution in [0.5, 0.6) is 5.75 Å². The van der Waals surface area contributed by atoms with E-state index >= 15 is 0 Å².